The molecule has 0 aliphatic carbocycles. The van der Waals surface area contributed by atoms with Crippen LogP contribution in [-0.4, -0.2) is 57.8 Å². The summed E-state index contributed by atoms with van der Waals surface area (Å²) in [6, 6.07) is 11.8. The summed E-state index contributed by atoms with van der Waals surface area (Å²) in [4.78, 5) is 22.4. The Kier molecular flexibility index (Phi) is 10.5. The van der Waals surface area contributed by atoms with Crippen LogP contribution in [0.5, 0.6) is 5.75 Å². The molecule has 3 heterocycles. The van der Waals surface area contributed by atoms with E-state index in [1.54, 1.807) is 13.3 Å². The van der Waals surface area contributed by atoms with Crippen molar-refractivity contribution < 1.29 is 19.7 Å². The fourth-order valence-electron chi connectivity index (χ4n) is 5.86. The molecule has 7 nitrogen and oxygen atoms in total. The molecular formula is C31H41N3O4. The van der Waals surface area contributed by atoms with Gasteiger partial charge in [-0.25, -0.2) is 0 Å². The quantitative estimate of drug-likeness (QED) is 0.265. The number of carboxylic acid groups (broad SMARTS) is 1. The Hall–Kier alpha value is -3.03. The van der Waals surface area contributed by atoms with Crippen LogP contribution in [-0.2, 0) is 11.2 Å². The highest BCUT2D eigenvalue weighted by Crippen LogP contribution is 2.35. The van der Waals surface area contributed by atoms with Crippen molar-refractivity contribution in [1.82, 2.24) is 14.9 Å². The van der Waals surface area contributed by atoms with Crippen molar-refractivity contribution in [2.75, 3.05) is 26.7 Å². The Morgan fingerprint density at radius 3 is 2.71 bits per heavy atom. The lowest BCUT2D eigenvalue weighted by atomic mass is 9.79. The van der Waals surface area contributed by atoms with E-state index in [2.05, 4.69) is 27.0 Å². The van der Waals surface area contributed by atoms with Gasteiger partial charge in [0.05, 0.1) is 18.7 Å². The van der Waals surface area contributed by atoms with Crippen molar-refractivity contribution in [3.8, 4) is 5.75 Å². The van der Waals surface area contributed by atoms with E-state index in [1.165, 1.54) is 24.8 Å². The number of likely N-dealkylation sites (tertiary alicyclic amines) is 1. The lowest BCUT2D eigenvalue weighted by Crippen LogP contribution is -2.41. The molecule has 38 heavy (non-hydrogen) atoms. The first-order valence-corrected chi connectivity index (χ1v) is 14.0. The first-order valence-electron chi connectivity index (χ1n) is 14.0. The number of rotatable bonds is 14. The number of hydrogen-bond donors (Lipinski definition) is 2. The predicted octanol–water partition coefficient (Wildman–Crippen LogP) is 5.67. The van der Waals surface area contributed by atoms with E-state index in [0.717, 1.165) is 61.1 Å². The van der Waals surface area contributed by atoms with Gasteiger partial charge in [0.1, 0.15) is 5.75 Å². The van der Waals surface area contributed by atoms with Gasteiger partial charge in [0.2, 0.25) is 0 Å². The average molecular weight is 520 g/mol. The number of benzene rings is 1. The zero-order valence-corrected chi connectivity index (χ0v) is 22.5. The van der Waals surface area contributed by atoms with Gasteiger partial charge in [-0.1, -0.05) is 6.42 Å². The summed E-state index contributed by atoms with van der Waals surface area (Å²) >= 11 is 0. The van der Waals surface area contributed by atoms with E-state index < -0.39 is 12.1 Å². The summed E-state index contributed by atoms with van der Waals surface area (Å²) < 4.78 is 5.38. The minimum Gasteiger partial charge on any atom is -0.497 e. The van der Waals surface area contributed by atoms with Crippen molar-refractivity contribution in [2.24, 2.45) is 11.8 Å². The van der Waals surface area contributed by atoms with Crippen molar-refractivity contribution in [2.45, 2.75) is 63.9 Å². The number of nitrogens with zero attached hydrogens (tertiary/aromatic N) is 3. The molecule has 1 aliphatic rings. The van der Waals surface area contributed by atoms with Crippen LogP contribution in [0.25, 0.3) is 10.9 Å². The summed E-state index contributed by atoms with van der Waals surface area (Å²) in [6.07, 6.45) is 13.0. The number of aryl methyl sites for hydroxylation is 1. The van der Waals surface area contributed by atoms with Crippen molar-refractivity contribution in [1.29, 1.82) is 0 Å². The maximum Gasteiger partial charge on any atom is 0.303 e. The fraction of sp³-hybridized carbons (Fsp3) is 0.516. The van der Waals surface area contributed by atoms with Gasteiger partial charge < -0.3 is 19.8 Å². The number of piperidine rings is 1. The van der Waals surface area contributed by atoms with Crippen LogP contribution in [0.15, 0.2) is 55.0 Å². The summed E-state index contributed by atoms with van der Waals surface area (Å²) in [5, 5.41) is 21.4. The number of aliphatic hydroxyl groups is 1. The highest BCUT2D eigenvalue weighted by molar-refractivity contribution is 5.83. The molecule has 1 saturated heterocycles. The second kappa shape index (κ2) is 14.2. The highest BCUT2D eigenvalue weighted by Gasteiger charge is 2.30. The molecule has 2 aromatic heterocycles. The van der Waals surface area contributed by atoms with Gasteiger partial charge in [-0.05, 0) is 117 Å². The van der Waals surface area contributed by atoms with Crippen LogP contribution in [0.3, 0.4) is 0 Å². The molecule has 0 radical (unpaired) electrons. The van der Waals surface area contributed by atoms with E-state index >= 15 is 0 Å². The van der Waals surface area contributed by atoms with Gasteiger partial charge in [-0.15, -0.1) is 0 Å². The van der Waals surface area contributed by atoms with Crippen LogP contribution in [0.4, 0.5) is 0 Å². The number of hydrogen-bond acceptors (Lipinski definition) is 6. The minimum atomic E-state index is -0.728. The smallest absolute Gasteiger partial charge is 0.303 e. The largest absolute Gasteiger partial charge is 0.497 e. The van der Waals surface area contributed by atoms with Crippen molar-refractivity contribution in [3.05, 3.63) is 66.1 Å². The van der Waals surface area contributed by atoms with Gasteiger partial charge in [-0.3, -0.25) is 14.8 Å². The third-order valence-corrected chi connectivity index (χ3v) is 8.05. The fourth-order valence-corrected chi connectivity index (χ4v) is 5.86. The number of fused-ring (bicyclic) bond motifs is 1. The van der Waals surface area contributed by atoms with Gasteiger partial charge in [-0.2, -0.15) is 0 Å². The zero-order chi connectivity index (χ0) is 26.7. The Morgan fingerprint density at radius 2 is 1.92 bits per heavy atom. The van der Waals surface area contributed by atoms with E-state index in [4.69, 9.17) is 4.74 Å². The number of methoxy groups -OCH3 is 1. The molecule has 1 aliphatic heterocycles. The first kappa shape index (κ1) is 28.0. The minimum absolute atomic E-state index is 0.207. The molecule has 1 fully saturated rings. The van der Waals surface area contributed by atoms with Crippen molar-refractivity contribution in [3.63, 3.8) is 0 Å². The Morgan fingerprint density at radius 1 is 1.08 bits per heavy atom. The monoisotopic (exact) mass is 519 g/mol. The van der Waals surface area contributed by atoms with Gasteiger partial charge >= 0.3 is 5.97 Å². The van der Waals surface area contributed by atoms with E-state index in [1.807, 2.05) is 36.7 Å². The molecule has 1 unspecified atom stereocenters. The van der Waals surface area contributed by atoms with E-state index in [9.17, 15) is 15.0 Å². The summed E-state index contributed by atoms with van der Waals surface area (Å²) in [5.41, 5.74) is 3.06. The molecular weight excluding hydrogens is 478 g/mol. The zero-order valence-electron chi connectivity index (χ0n) is 22.5. The third kappa shape index (κ3) is 7.98. The SMILES string of the molecule is COc1ccc2nccc(C(O)CC[C@@H]3CCN(CCCCCc4ccncc4)C[C@@H]3CCC(=O)O)c2c1. The summed E-state index contributed by atoms with van der Waals surface area (Å²) in [5.74, 6) is 0.791. The Balaban J connectivity index is 1.29. The molecule has 1 aromatic carbocycles. The van der Waals surface area contributed by atoms with Crippen LogP contribution in [0, 0.1) is 11.8 Å². The second-order valence-electron chi connectivity index (χ2n) is 10.6. The Labute approximate surface area is 225 Å². The topological polar surface area (TPSA) is 95.8 Å². The predicted molar refractivity (Wildman–Crippen MR) is 149 cm³/mol. The third-order valence-electron chi connectivity index (χ3n) is 8.05. The van der Waals surface area contributed by atoms with E-state index in [-0.39, 0.29) is 6.42 Å². The molecule has 3 aromatic rings. The molecule has 0 bridgehead atoms. The Bertz CT molecular complexity index is 1160. The maximum atomic E-state index is 11.3. The lowest BCUT2D eigenvalue weighted by molar-refractivity contribution is -0.137. The molecule has 7 heteroatoms. The van der Waals surface area contributed by atoms with Crippen LogP contribution in [0.2, 0.25) is 0 Å². The van der Waals surface area contributed by atoms with Crippen molar-refractivity contribution >= 4 is 16.9 Å². The number of carbonyl (C=O) groups is 1. The number of ether oxygens (including phenoxy) is 1. The second-order valence-corrected chi connectivity index (χ2v) is 10.6. The standard InChI is InChI=1S/C31H41N3O4/c1-38-26-8-9-29-28(21-26)27(14-18-33-29)30(35)10-6-24-15-20-34(22-25(24)7-11-31(36)37)19-4-2-3-5-23-12-16-32-17-13-23/h8-9,12-14,16-18,21,24-25,30,35H,2-7,10-11,15,19-20,22H2,1H3,(H,36,37)/t24-,25+,30?/m1/s1. The molecule has 3 atom stereocenters. The van der Waals surface area contributed by atoms with E-state index in [0.29, 0.717) is 24.7 Å². The maximum absolute atomic E-state index is 11.3. The normalized spacial score (nSPS) is 18.9. The van der Waals surface area contributed by atoms with Gasteiger partial charge in [0, 0.05) is 36.9 Å². The number of carboxylic acids is 1. The number of aliphatic carboxylic acids is 1. The lowest BCUT2D eigenvalue weighted by Gasteiger charge is -2.39. The number of unbranched alkanes of at least 4 members (excludes halogenated alkanes) is 2. The van der Waals surface area contributed by atoms with Gasteiger partial charge in [0.15, 0.2) is 0 Å². The highest BCUT2D eigenvalue weighted by atomic mass is 16.5. The first-order chi connectivity index (χ1) is 18.5. The molecule has 2 N–H and O–H groups in total. The molecule has 0 amide bonds. The number of aromatic nitrogens is 2. The van der Waals surface area contributed by atoms with Gasteiger partial charge in [0.25, 0.3) is 0 Å². The molecule has 4 rings (SSSR count). The summed E-state index contributed by atoms with van der Waals surface area (Å²) in [6.45, 7) is 3.07. The number of pyridine rings is 2. The molecule has 0 saturated carbocycles. The van der Waals surface area contributed by atoms with Crippen LogP contribution < -0.4 is 4.74 Å². The summed E-state index contributed by atoms with van der Waals surface area (Å²) in [7, 11) is 1.64. The molecule has 0 spiro atoms. The van der Waals surface area contributed by atoms with Crippen LogP contribution in [0.1, 0.15) is 68.6 Å². The van der Waals surface area contributed by atoms with Crippen LogP contribution >= 0.6 is 0 Å². The molecule has 204 valence electrons. The average Bonchev–Trinajstić information content (AvgIpc) is 2.95. The number of aliphatic hydroxyl groups excluding tert-OH is 1.